The Morgan fingerprint density at radius 1 is 1.26 bits per heavy atom. The molecule has 2 N–H and O–H groups in total. The molecule has 1 aliphatic carbocycles. The lowest BCUT2D eigenvalue weighted by Crippen LogP contribution is -2.34. The van der Waals surface area contributed by atoms with Gasteiger partial charge in [-0.15, -0.1) is 11.3 Å². The van der Waals surface area contributed by atoms with E-state index in [0.29, 0.717) is 0 Å². The minimum atomic E-state index is -0.671. The SMILES string of the molecule is O=C(NCC(O)c1ccc(-c2cccs2)cc1)C1CC=CCC1. The minimum Gasteiger partial charge on any atom is -0.387 e. The van der Waals surface area contributed by atoms with Crippen LogP contribution in [0, 0.1) is 5.92 Å². The van der Waals surface area contributed by atoms with Crippen molar-refractivity contribution in [3.8, 4) is 10.4 Å². The van der Waals surface area contributed by atoms with Crippen LogP contribution in [0.2, 0.25) is 0 Å². The van der Waals surface area contributed by atoms with Crippen LogP contribution < -0.4 is 5.32 Å². The lowest BCUT2D eigenvalue weighted by molar-refractivity contribution is -0.125. The fourth-order valence-corrected chi connectivity index (χ4v) is 3.54. The van der Waals surface area contributed by atoms with E-state index >= 15 is 0 Å². The molecule has 1 heterocycles. The van der Waals surface area contributed by atoms with Crippen LogP contribution >= 0.6 is 11.3 Å². The van der Waals surface area contributed by atoms with Gasteiger partial charge in [-0.25, -0.2) is 0 Å². The lowest BCUT2D eigenvalue weighted by Gasteiger charge is -2.19. The van der Waals surface area contributed by atoms with Crippen molar-refractivity contribution in [3.63, 3.8) is 0 Å². The summed E-state index contributed by atoms with van der Waals surface area (Å²) in [5.74, 6) is 0.0945. The van der Waals surface area contributed by atoms with Crippen molar-refractivity contribution in [1.82, 2.24) is 5.32 Å². The highest BCUT2D eigenvalue weighted by Crippen LogP contribution is 2.26. The average Bonchev–Trinajstić information content (AvgIpc) is 3.15. The van der Waals surface area contributed by atoms with Crippen molar-refractivity contribution >= 4 is 17.2 Å². The minimum absolute atomic E-state index is 0.0450. The van der Waals surface area contributed by atoms with Gasteiger partial charge in [0.2, 0.25) is 5.91 Å². The first kappa shape index (κ1) is 16.0. The van der Waals surface area contributed by atoms with Crippen LogP contribution in [-0.4, -0.2) is 17.6 Å². The van der Waals surface area contributed by atoms with Gasteiger partial charge in [0.1, 0.15) is 0 Å². The van der Waals surface area contributed by atoms with Gasteiger partial charge in [-0.1, -0.05) is 42.5 Å². The Hall–Kier alpha value is -1.91. The number of rotatable bonds is 5. The molecular formula is C19H21NO2S. The van der Waals surface area contributed by atoms with Crippen molar-refractivity contribution in [2.45, 2.75) is 25.4 Å². The number of thiophene rings is 1. The molecule has 23 heavy (non-hydrogen) atoms. The van der Waals surface area contributed by atoms with Gasteiger partial charge in [0.15, 0.2) is 0 Å². The number of aliphatic hydroxyl groups excluding tert-OH is 1. The molecule has 1 aromatic carbocycles. The van der Waals surface area contributed by atoms with Gasteiger partial charge in [-0.05, 0) is 41.8 Å². The Kier molecular flexibility index (Phi) is 5.26. The van der Waals surface area contributed by atoms with Gasteiger partial charge >= 0.3 is 0 Å². The van der Waals surface area contributed by atoms with Crippen LogP contribution in [-0.2, 0) is 4.79 Å². The maximum Gasteiger partial charge on any atom is 0.223 e. The van der Waals surface area contributed by atoms with Gasteiger partial charge in [-0.3, -0.25) is 4.79 Å². The Balaban J connectivity index is 1.54. The molecule has 1 amide bonds. The number of carbonyl (C=O) groups is 1. The highest BCUT2D eigenvalue weighted by molar-refractivity contribution is 7.13. The van der Waals surface area contributed by atoms with Crippen molar-refractivity contribution in [2.75, 3.05) is 6.54 Å². The van der Waals surface area contributed by atoms with Crippen LogP contribution in [0.25, 0.3) is 10.4 Å². The molecular weight excluding hydrogens is 306 g/mol. The first-order valence-corrected chi connectivity index (χ1v) is 8.86. The predicted molar refractivity (Wildman–Crippen MR) is 94.2 cm³/mol. The van der Waals surface area contributed by atoms with Crippen molar-refractivity contribution in [1.29, 1.82) is 0 Å². The van der Waals surface area contributed by atoms with Crippen LogP contribution in [0.1, 0.15) is 30.9 Å². The monoisotopic (exact) mass is 327 g/mol. The molecule has 2 unspecified atom stereocenters. The van der Waals surface area contributed by atoms with E-state index in [1.54, 1.807) is 11.3 Å². The summed E-state index contributed by atoms with van der Waals surface area (Å²) in [6.45, 7) is 0.261. The highest BCUT2D eigenvalue weighted by atomic mass is 32.1. The van der Waals surface area contributed by atoms with E-state index in [1.807, 2.05) is 35.7 Å². The third-order valence-electron chi connectivity index (χ3n) is 4.21. The summed E-state index contributed by atoms with van der Waals surface area (Å²) in [6, 6.07) is 12.0. The average molecular weight is 327 g/mol. The van der Waals surface area contributed by atoms with E-state index < -0.39 is 6.10 Å². The number of aliphatic hydroxyl groups is 1. The molecule has 2 aromatic rings. The summed E-state index contributed by atoms with van der Waals surface area (Å²) in [6.07, 6.45) is 6.17. The quantitative estimate of drug-likeness (QED) is 0.818. The molecule has 2 atom stereocenters. The molecule has 0 saturated carbocycles. The predicted octanol–water partition coefficient (Wildman–Crippen LogP) is 3.92. The molecule has 0 fully saturated rings. The number of allylic oxidation sites excluding steroid dienone is 2. The second-order valence-electron chi connectivity index (χ2n) is 5.84. The van der Waals surface area contributed by atoms with Crippen LogP contribution in [0.4, 0.5) is 0 Å². The number of benzene rings is 1. The summed E-state index contributed by atoms with van der Waals surface area (Å²) in [7, 11) is 0. The normalized spacial score (nSPS) is 18.6. The fraction of sp³-hybridized carbons (Fsp3) is 0.316. The van der Waals surface area contributed by atoms with Gasteiger partial charge in [0, 0.05) is 17.3 Å². The molecule has 1 aliphatic rings. The third kappa shape index (κ3) is 4.09. The fourth-order valence-electron chi connectivity index (χ4n) is 2.80. The molecule has 4 heteroatoms. The van der Waals surface area contributed by atoms with Crippen molar-refractivity contribution < 1.29 is 9.90 Å². The number of amides is 1. The Morgan fingerprint density at radius 3 is 2.74 bits per heavy atom. The molecule has 0 aliphatic heterocycles. The Bertz CT molecular complexity index is 661. The van der Waals surface area contributed by atoms with Gasteiger partial charge in [-0.2, -0.15) is 0 Å². The molecule has 3 nitrogen and oxygen atoms in total. The van der Waals surface area contributed by atoms with Gasteiger partial charge < -0.3 is 10.4 Å². The van der Waals surface area contributed by atoms with E-state index in [1.165, 1.54) is 4.88 Å². The molecule has 0 spiro atoms. The number of carbonyl (C=O) groups excluding carboxylic acids is 1. The van der Waals surface area contributed by atoms with E-state index in [9.17, 15) is 9.90 Å². The zero-order valence-electron chi connectivity index (χ0n) is 12.9. The summed E-state index contributed by atoms with van der Waals surface area (Å²) in [4.78, 5) is 13.3. The lowest BCUT2D eigenvalue weighted by atomic mass is 9.93. The standard InChI is InChI=1S/C19H21NO2S/c21-17(13-20-19(22)16-5-2-1-3-6-16)14-8-10-15(11-9-14)18-7-4-12-23-18/h1-2,4,7-12,16-17,21H,3,5-6,13H2,(H,20,22). The molecule has 1 aromatic heterocycles. The van der Waals surface area contributed by atoms with E-state index in [-0.39, 0.29) is 18.4 Å². The van der Waals surface area contributed by atoms with E-state index in [4.69, 9.17) is 0 Å². The number of hydrogen-bond acceptors (Lipinski definition) is 3. The first-order valence-electron chi connectivity index (χ1n) is 7.98. The molecule has 3 rings (SSSR count). The number of hydrogen-bond donors (Lipinski definition) is 2. The van der Waals surface area contributed by atoms with E-state index in [2.05, 4.69) is 23.5 Å². The number of nitrogens with one attached hydrogen (secondary N) is 1. The maximum absolute atomic E-state index is 12.1. The zero-order chi connectivity index (χ0) is 16.1. The van der Waals surface area contributed by atoms with Gasteiger partial charge in [0.25, 0.3) is 0 Å². The van der Waals surface area contributed by atoms with Crippen molar-refractivity contribution in [3.05, 3.63) is 59.5 Å². The van der Waals surface area contributed by atoms with Gasteiger partial charge in [0.05, 0.1) is 6.10 Å². The third-order valence-corrected chi connectivity index (χ3v) is 5.13. The summed E-state index contributed by atoms with van der Waals surface area (Å²) in [5, 5.41) is 15.2. The topological polar surface area (TPSA) is 49.3 Å². The molecule has 0 saturated heterocycles. The highest BCUT2D eigenvalue weighted by Gasteiger charge is 2.19. The zero-order valence-corrected chi connectivity index (χ0v) is 13.8. The summed E-state index contributed by atoms with van der Waals surface area (Å²) >= 11 is 1.70. The first-order chi connectivity index (χ1) is 11.2. The maximum atomic E-state index is 12.1. The van der Waals surface area contributed by atoms with Crippen LogP contribution in [0.5, 0.6) is 0 Å². The van der Waals surface area contributed by atoms with Crippen molar-refractivity contribution in [2.24, 2.45) is 5.92 Å². The molecule has 0 bridgehead atoms. The second kappa shape index (κ2) is 7.57. The van der Waals surface area contributed by atoms with Crippen LogP contribution in [0.3, 0.4) is 0 Å². The Morgan fingerprint density at radius 2 is 2.09 bits per heavy atom. The van der Waals surface area contributed by atoms with Crippen LogP contribution in [0.15, 0.2) is 53.9 Å². The summed E-state index contributed by atoms with van der Waals surface area (Å²) in [5.41, 5.74) is 1.98. The summed E-state index contributed by atoms with van der Waals surface area (Å²) < 4.78 is 0. The Labute approximate surface area is 140 Å². The second-order valence-corrected chi connectivity index (χ2v) is 6.79. The molecule has 120 valence electrons. The smallest absolute Gasteiger partial charge is 0.223 e. The molecule has 0 radical (unpaired) electrons. The largest absolute Gasteiger partial charge is 0.387 e. The van der Waals surface area contributed by atoms with E-state index in [0.717, 1.165) is 30.4 Å².